The summed E-state index contributed by atoms with van der Waals surface area (Å²) in [4.78, 5) is 30.7. The molecule has 8 heteroatoms. The second-order valence-electron chi connectivity index (χ2n) is 7.16. The van der Waals surface area contributed by atoms with Gasteiger partial charge in [0.25, 0.3) is 5.56 Å². The lowest BCUT2D eigenvalue weighted by molar-refractivity contribution is -0.116. The van der Waals surface area contributed by atoms with Gasteiger partial charge in [0.2, 0.25) is 5.91 Å². The number of nitrogens with zero attached hydrogens (tertiary/aromatic N) is 3. The lowest BCUT2D eigenvalue weighted by Gasteiger charge is -2.09. The van der Waals surface area contributed by atoms with Gasteiger partial charge in [-0.25, -0.2) is 4.98 Å². The molecule has 154 valence electrons. The molecule has 0 unspecified atom stereocenters. The molecule has 4 rings (SSSR count). The third-order valence-electron chi connectivity index (χ3n) is 5.07. The first kappa shape index (κ1) is 20.8. The minimum Gasteiger partial charge on any atom is -0.323 e. The Morgan fingerprint density at radius 1 is 1.23 bits per heavy atom. The number of halogens is 1. The van der Waals surface area contributed by atoms with Crippen molar-refractivity contribution in [3.05, 3.63) is 80.2 Å². The van der Waals surface area contributed by atoms with Crippen molar-refractivity contribution in [1.29, 1.82) is 5.26 Å². The number of aryl methyl sites for hydroxylation is 2. The van der Waals surface area contributed by atoms with Crippen LogP contribution in [0.2, 0.25) is 5.02 Å². The van der Waals surface area contributed by atoms with Crippen LogP contribution in [0.5, 0.6) is 0 Å². The van der Waals surface area contributed by atoms with Crippen LogP contribution in [0.25, 0.3) is 21.3 Å². The van der Waals surface area contributed by atoms with Gasteiger partial charge >= 0.3 is 0 Å². The minimum absolute atomic E-state index is 0.235. The van der Waals surface area contributed by atoms with Crippen LogP contribution in [0.3, 0.4) is 0 Å². The Morgan fingerprint density at radius 3 is 2.77 bits per heavy atom. The highest BCUT2D eigenvalue weighted by molar-refractivity contribution is 7.17. The molecule has 0 spiro atoms. The summed E-state index contributed by atoms with van der Waals surface area (Å²) in [6.45, 7) is 3.83. The van der Waals surface area contributed by atoms with Gasteiger partial charge in [-0.05, 0) is 48.7 Å². The minimum atomic E-state index is -0.454. The number of nitriles is 1. The van der Waals surface area contributed by atoms with E-state index < -0.39 is 5.91 Å². The second-order valence-corrected chi connectivity index (χ2v) is 8.45. The predicted molar refractivity (Wildman–Crippen MR) is 124 cm³/mol. The number of nitrogens with one attached hydrogen (secondary N) is 1. The van der Waals surface area contributed by atoms with Crippen molar-refractivity contribution in [3.63, 3.8) is 0 Å². The van der Waals surface area contributed by atoms with Gasteiger partial charge in [0, 0.05) is 16.0 Å². The first-order valence-electron chi connectivity index (χ1n) is 9.41. The standard InChI is InChI=1S/C23H17ClN4O2S/c1-13-3-4-15(7-14(13)2)18-11-31-22-21(18)23(30)28(12-26-22)10-20(29)27-19-8-17(24)6-5-16(19)9-25/h3-8,11-12H,10H2,1-2H3,(H,27,29). The highest BCUT2D eigenvalue weighted by Crippen LogP contribution is 2.31. The van der Waals surface area contributed by atoms with Gasteiger partial charge in [0.05, 0.1) is 23.0 Å². The second kappa shape index (κ2) is 8.34. The predicted octanol–water partition coefficient (Wildman–Crippen LogP) is 4.91. The van der Waals surface area contributed by atoms with Crippen molar-refractivity contribution in [2.45, 2.75) is 20.4 Å². The van der Waals surface area contributed by atoms with Crippen LogP contribution >= 0.6 is 22.9 Å². The van der Waals surface area contributed by atoms with Gasteiger partial charge in [0.15, 0.2) is 0 Å². The highest BCUT2D eigenvalue weighted by Gasteiger charge is 2.16. The van der Waals surface area contributed by atoms with Crippen molar-refractivity contribution in [2.75, 3.05) is 5.32 Å². The van der Waals surface area contributed by atoms with E-state index in [1.165, 1.54) is 39.9 Å². The first-order chi connectivity index (χ1) is 14.9. The molecule has 0 aliphatic carbocycles. The Hall–Kier alpha value is -3.47. The Kier molecular flexibility index (Phi) is 5.59. The van der Waals surface area contributed by atoms with Crippen LogP contribution in [-0.4, -0.2) is 15.5 Å². The summed E-state index contributed by atoms with van der Waals surface area (Å²) >= 11 is 7.36. The number of hydrogen-bond acceptors (Lipinski definition) is 5. The molecule has 4 aromatic rings. The Bertz CT molecular complexity index is 1430. The molecule has 2 heterocycles. The van der Waals surface area contributed by atoms with E-state index in [1.807, 2.05) is 43.5 Å². The smallest absolute Gasteiger partial charge is 0.263 e. The molecule has 2 aromatic heterocycles. The largest absolute Gasteiger partial charge is 0.323 e. The van der Waals surface area contributed by atoms with E-state index in [4.69, 9.17) is 11.6 Å². The fourth-order valence-corrected chi connectivity index (χ4v) is 4.34. The van der Waals surface area contributed by atoms with E-state index in [9.17, 15) is 14.9 Å². The van der Waals surface area contributed by atoms with Gasteiger partial charge in [0.1, 0.15) is 17.4 Å². The maximum atomic E-state index is 13.2. The Labute approximate surface area is 187 Å². The van der Waals surface area contributed by atoms with Crippen molar-refractivity contribution < 1.29 is 4.79 Å². The highest BCUT2D eigenvalue weighted by atomic mass is 35.5. The number of hydrogen-bond donors (Lipinski definition) is 1. The molecule has 0 saturated heterocycles. The van der Waals surface area contributed by atoms with Crippen molar-refractivity contribution in [2.24, 2.45) is 0 Å². The Morgan fingerprint density at radius 2 is 2.03 bits per heavy atom. The average Bonchev–Trinajstić information content (AvgIpc) is 3.17. The summed E-state index contributed by atoms with van der Waals surface area (Å²) in [7, 11) is 0. The summed E-state index contributed by atoms with van der Waals surface area (Å²) in [5.74, 6) is -0.454. The van der Waals surface area contributed by atoms with Crippen molar-refractivity contribution in [1.82, 2.24) is 9.55 Å². The quantitative estimate of drug-likeness (QED) is 0.480. The van der Waals surface area contributed by atoms with E-state index in [0.717, 1.165) is 16.7 Å². The van der Waals surface area contributed by atoms with Crippen LogP contribution in [0, 0.1) is 25.2 Å². The fourth-order valence-electron chi connectivity index (χ4n) is 3.26. The maximum absolute atomic E-state index is 13.2. The maximum Gasteiger partial charge on any atom is 0.263 e. The molecule has 1 N–H and O–H groups in total. The number of benzene rings is 2. The third kappa shape index (κ3) is 4.08. The third-order valence-corrected chi connectivity index (χ3v) is 6.19. The molecule has 1 amide bonds. The normalized spacial score (nSPS) is 10.8. The van der Waals surface area contributed by atoms with Gasteiger partial charge in [-0.15, -0.1) is 11.3 Å². The monoisotopic (exact) mass is 448 g/mol. The zero-order valence-electron chi connectivity index (χ0n) is 16.8. The number of fused-ring (bicyclic) bond motifs is 1. The molecule has 0 aliphatic rings. The summed E-state index contributed by atoms with van der Waals surface area (Å²) in [5.41, 5.74) is 4.34. The van der Waals surface area contributed by atoms with E-state index in [1.54, 1.807) is 6.07 Å². The molecule has 0 bridgehead atoms. The van der Waals surface area contributed by atoms with E-state index in [-0.39, 0.29) is 17.7 Å². The summed E-state index contributed by atoms with van der Waals surface area (Å²) < 4.78 is 1.27. The lowest BCUT2D eigenvalue weighted by Crippen LogP contribution is -2.28. The van der Waals surface area contributed by atoms with E-state index in [2.05, 4.69) is 10.3 Å². The molecule has 31 heavy (non-hydrogen) atoms. The SMILES string of the molecule is Cc1ccc(-c2csc3ncn(CC(=O)Nc4cc(Cl)ccc4C#N)c(=O)c23)cc1C. The fraction of sp³-hybridized carbons (Fsp3) is 0.130. The molecule has 0 atom stereocenters. The number of anilines is 1. The molecular formula is C23H17ClN4O2S. The number of thiophene rings is 1. The summed E-state index contributed by atoms with van der Waals surface area (Å²) in [6.07, 6.45) is 1.37. The molecule has 2 aromatic carbocycles. The average molecular weight is 449 g/mol. The molecule has 6 nitrogen and oxygen atoms in total. The molecular weight excluding hydrogens is 432 g/mol. The van der Waals surface area contributed by atoms with Crippen LogP contribution in [-0.2, 0) is 11.3 Å². The number of rotatable bonds is 4. The summed E-state index contributed by atoms with van der Waals surface area (Å²) in [6, 6.07) is 12.7. The zero-order chi connectivity index (χ0) is 22.1. The zero-order valence-corrected chi connectivity index (χ0v) is 18.3. The van der Waals surface area contributed by atoms with E-state index >= 15 is 0 Å². The van der Waals surface area contributed by atoms with Gasteiger partial charge < -0.3 is 5.32 Å². The summed E-state index contributed by atoms with van der Waals surface area (Å²) in [5, 5.41) is 14.7. The number of carbonyl (C=O) groups is 1. The number of amides is 1. The molecule has 0 fully saturated rings. The van der Waals surface area contributed by atoms with Crippen molar-refractivity contribution in [3.8, 4) is 17.2 Å². The number of carbonyl (C=O) groups excluding carboxylic acids is 1. The molecule has 0 radical (unpaired) electrons. The lowest BCUT2D eigenvalue weighted by atomic mass is 10.0. The molecule has 0 saturated carbocycles. The van der Waals surface area contributed by atoms with Crippen LogP contribution in [0.4, 0.5) is 5.69 Å². The van der Waals surface area contributed by atoms with Gasteiger partial charge in [-0.3, -0.25) is 14.2 Å². The van der Waals surface area contributed by atoms with Gasteiger partial charge in [-0.1, -0.05) is 29.8 Å². The molecule has 0 aliphatic heterocycles. The number of aromatic nitrogens is 2. The van der Waals surface area contributed by atoms with Gasteiger partial charge in [-0.2, -0.15) is 5.26 Å². The first-order valence-corrected chi connectivity index (χ1v) is 10.7. The van der Waals surface area contributed by atoms with Crippen LogP contribution < -0.4 is 10.9 Å². The van der Waals surface area contributed by atoms with Crippen LogP contribution in [0.1, 0.15) is 16.7 Å². The van der Waals surface area contributed by atoms with Crippen LogP contribution in [0.15, 0.2) is 52.9 Å². The van der Waals surface area contributed by atoms with E-state index in [0.29, 0.717) is 20.9 Å². The van der Waals surface area contributed by atoms with Crippen molar-refractivity contribution >= 4 is 44.7 Å². The Balaban J connectivity index is 1.68. The topological polar surface area (TPSA) is 87.8 Å².